The van der Waals surface area contributed by atoms with Gasteiger partial charge in [-0.1, -0.05) is 15.9 Å². The second kappa shape index (κ2) is 5.40. The Kier molecular flexibility index (Phi) is 4.07. The largest absolute Gasteiger partial charge is 0.369 e. The Balaban J connectivity index is 2.39. The van der Waals surface area contributed by atoms with Crippen molar-refractivity contribution >= 4 is 43.7 Å². The summed E-state index contributed by atoms with van der Waals surface area (Å²) in [5, 5.41) is 0. The molecular weight excluding hydrogens is 314 g/mol. The van der Waals surface area contributed by atoms with E-state index in [1.165, 1.54) is 0 Å². The Morgan fingerprint density at radius 3 is 2.94 bits per heavy atom. The third-order valence-corrected chi connectivity index (χ3v) is 4.25. The van der Waals surface area contributed by atoms with Gasteiger partial charge in [0.1, 0.15) is 0 Å². The lowest BCUT2D eigenvalue weighted by molar-refractivity contribution is 0.552. The van der Waals surface area contributed by atoms with Crippen LogP contribution in [0.3, 0.4) is 0 Å². The van der Waals surface area contributed by atoms with Crippen molar-refractivity contribution in [3.05, 3.63) is 22.7 Å². The lowest BCUT2D eigenvalue weighted by Gasteiger charge is -2.15. The Bertz CT molecular complexity index is 596. The summed E-state index contributed by atoms with van der Waals surface area (Å²) >= 11 is 3.46. The molecule has 0 bridgehead atoms. The maximum absolute atomic E-state index is 11.2. The molecule has 2 rings (SSSR count). The lowest BCUT2D eigenvalue weighted by Crippen LogP contribution is -2.11. The maximum atomic E-state index is 11.2. The zero-order valence-corrected chi connectivity index (χ0v) is 12.8. The molecule has 2 N–H and O–H groups in total. The summed E-state index contributed by atoms with van der Waals surface area (Å²) in [7, 11) is -0.776. The molecular formula is C12H16BrN3OS. The first-order valence-corrected chi connectivity index (χ1v) is 8.24. The number of rotatable bonds is 4. The predicted molar refractivity (Wildman–Crippen MR) is 80.1 cm³/mol. The van der Waals surface area contributed by atoms with Crippen molar-refractivity contribution in [3.8, 4) is 0 Å². The third kappa shape index (κ3) is 2.75. The number of nitrogens with zero attached hydrogens (tertiary/aromatic N) is 2. The SMILES string of the molecule is CC(CCS(C)=O)n1c(N)nc2ccc(Br)cc21. The van der Waals surface area contributed by atoms with Crippen LogP contribution in [0.5, 0.6) is 0 Å². The molecule has 0 aliphatic carbocycles. The van der Waals surface area contributed by atoms with Crippen LogP contribution < -0.4 is 5.73 Å². The van der Waals surface area contributed by atoms with E-state index in [9.17, 15) is 4.21 Å². The fourth-order valence-corrected chi connectivity index (χ4v) is 3.04. The van der Waals surface area contributed by atoms with Crippen molar-refractivity contribution in [2.45, 2.75) is 19.4 Å². The van der Waals surface area contributed by atoms with E-state index < -0.39 is 10.8 Å². The Morgan fingerprint density at radius 2 is 2.28 bits per heavy atom. The van der Waals surface area contributed by atoms with Crippen LogP contribution in [0.1, 0.15) is 19.4 Å². The number of hydrogen-bond donors (Lipinski definition) is 1. The highest BCUT2D eigenvalue weighted by atomic mass is 79.9. The third-order valence-electron chi connectivity index (χ3n) is 2.94. The zero-order chi connectivity index (χ0) is 13.3. The molecule has 0 aliphatic heterocycles. The average molecular weight is 330 g/mol. The highest BCUT2D eigenvalue weighted by Crippen LogP contribution is 2.27. The fraction of sp³-hybridized carbons (Fsp3) is 0.417. The van der Waals surface area contributed by atoms with Gasteiger partial charge in [-0.25, -0.2) is 4.98 Å². The lowest BCUT2D eigenvalue weighted by atomic mass is 10.2. The van der Waals surface area contributed by atoms with E-state index in [4.69, 9.17) is 5.73 Å². The molecule has 0 amide bonds. The summed E-state index contributed by atoms with van der Waals surface area (Å²) in [6, 6.07) is 6.09. The van der Waals surface area contributed by atoms with Crippen LogP contribution in [-0.2, 0) is 10.8 Å². The molecule has 0 fully saturated rings. The van der Waals surface area contributed by atoms with Gasteiger partial charge < -0.3 is 10.3 Å². The summed E-state index contributed by atoms with van der Waals surface area (Å²) in [5.74, 6) is 1.19. The molecule has 18 heavy (non-hydrogen) atoms. The summed E-state index contributed by atoms with van der Waals surface area (Å²) in [6.07, 6.45) is 2.55. The van der Waals surface area contributed by atoms with Gasteiger partial charge in [0, 0.05) is 33.3 Å². The van der Waals surface area contributed by atoms with Gasteiger partial charge in [-0.15, -0.1) is 0 Å². The number of fused-ring (bicyclic) bond motifs is 1. The molecule has 1 heterocycles. The molecule has 0 saturated carbocycles. The van der Waals surface area contributed by atoms with Crippen molar-refractivity contribution in [3.63, 3.8) is 0 Å². The van der Waals surface area contributed by atoms with Crippen molar-refractivity contribution in [2.75, 3.05) is 17.7 Å². The second-order valence-corrected chi connectivity index (χ2v) is 6.86. The van der Waals surface area contributed by atoms with Crippen LogP contribution in [0.4, 0.5) is 5.95 Å². The predicted octanol–water partition coefficient (Wildman–Crippen LogP) is 2.71. The Hall–Kier alpha value is -0.880. The smallest absolute Gasteiger partial charge is 0.201 e. The topological polar surface area (TPSA) is 60.9 Å². The molecule has 98 valence electrons. The fourth-order valence-electron chi connectivity index (χ4n) is 2.01. The van der Waals surface area contributed by atoms with Crippen LogP contribution in [0.2, 0.25) is 0 Å². The van der Waals surface area contributed by atoms with Crippen molar-refractivity contribution in [2.24, 2.45) is 0 Å². The molecule has 0 radical (unpaired) electrons. The standard InChI is InChI=1S/C12H16BrN3OS/c1-8(5-6-18(2)17)16-11-7-9(13)3-4-10(11)15-12(16)14/h3-4,7-8H,5-6H2,1-2H3,(H2,14,15). The van der Waals surface area contributed by atoms with Gasteiger partial charge in [0.25, 0.3) is 0 Å². The molecule has 0 aliphatic rings. The van der Waals surface area contributed by atoms with Crippen molar-refractivity contribution in [1.82, 2.24) is 9.55 Å². The minimum absolute atomic E-state index is 0.188. The second-order valence-electron chi connectivity index (χ2n) is 4.39. The first-order chi connectivity index (χ1) is 8.49. The molecule has 2 unspecified atom stereocenters. The van der Waals surface area contributed by atoms with Gasteiger partial charge in [-0.2, -0.15) is 0 Å². The van der Waals surface area contributed by atoms with Crippen LogP contribution in [-0.4, -0.2) is 25.8 Å². The highest BCUT2D eigenvalue weighted by molar-refractivity contribution is 9.10. The van der Waals surface area contributed by atoms with E-state index in [1.54, 1.807) is 6.26 Å². The minimum atomic E-state index is -0.776. The van der Waals surface area contributed by atoms with Crippen LogP contribution >= 0.6 is 15.9 Å². The molecule has 4 nitrogen and oxygen atoms in total. The van der Waals surface area contributed by atoms with Crippen molar-refractivity contribution in [1.29, 1.82) is 0 Å². The van der Waals surface area contributed by atoms with Gasteiger partial charge in [0.2, 0.25) is 5.95 Å². The normalized spacial score (nSPS) is 14.8. The number of aromatic nitrogens is 2. The average Bonchev–Trinajstić information content (AvgIpc) is 2.61. The number of nitrogens with two attached hydrogens (primary N) is 1. The molecule has 6 heteroatoms. The minimum Gasteiger partial charge on any atom is -0.369 e. The molecule has 1 aromatic heterocycles. The summed E-state index contributed by atoms with van der Waals surface area (Å²) in [4.78, 5) is 4.35. The maximum Gasteiger partial charge on any atom is 0.201 e. The number of imidazole rings is 1. The summed E-state index contributed by atoms with van der Waals surface area (Å²) < 4.78 is 14.2. The first-order valence-electron chi connectivity index (χ1n) is 5.72. The highest BCUT2D eigenvalue weighted by Gasteiger charge is 2.14. The number of benzene rings is 1. The monoisotopic (exact) mass is 329 g/mol. The molecule has 1 aromatic carbocycles. The summed E-state index contributed by atoms with van der Waals surface area (Å²) in [5.41, 5.74) is 7.87. The molecule has 0 spiro atoms. The molecule has 0 saturated heterocycles. The number of hydrogen-bond acceptors (Lipinski definition) is 3. The van der Waals surface area contributed by atoms with E-state index in [1.807, 2.05) is 22.8 Å². The van der Waals surface area contributed by atoms with Gasteiger partial charge in [-0.3, -0.25) is 4.21 Å². The number of anilines is 1. The van der Waals surface area contributed by atoms with Crippen molar-refractivity contribution < 1.29 is 4.21 Å². The molecule has 2 atom stereocenters. The van der Waals surface area contributed by atoms with Gasteiger partial charge in [0.05, 0.1) is 11.0 Å². The number of halogens is 1. The van der Waals surface area contributed by atoms with E-state index in [0.717, 1.165) is 21.9 Å². The Labute approximate surface area is 117 Å². The van der Waals surface area contributed by atoms with E-state index in [2.05, 4.69) is 27.8 Å². The van der Waals surface area contributed by atoms with E-state index in [-0.39, 0.29) is 6.04 Å². The zero-order valence-electron chi connectivity index (χ0n) is 10.4. The van der Waals surface area contributed by atoms with Gasteiger partial charge in [0.15, 0.2) is 0 Å². The summed E-state index contributed by atoms with van der Waals surface area (Å²) in [6.45, 7) is 2.07. The van der Waals surface area contributed by atoms with Gasteiger partial charge in [-0.05, 0) is 31.5 Å². The van der Waals surface area contributed by atoms with Gasteiger partial charge >= 0.3 is 0 Å². The Morgan fingerprint density at radius 1 is 1.56 bits per heavy atom. The first kappa shape index (κ1) is 13.5. The van der Waals surface area contributed by atoms with Crippen LogP contribution in [0.25, 0.3) is 11.0 Å². The van der Waals surface area contributed by atoms with E-state index >= 15 is 0 Å². The van der Waals surface area contributed by atoms with Crippen LogP contribution in [0.15, 0.2) is 22.7 Å². The van der Waals surface area contributed by atoms with Crippen LogP contribution in [0, 0.1) is 0 Å². The number of nitrogen functional groups attached to an aromatic ring is 1. The van der Waals surface area contributed by atoms with E-state index in [0.29, 0.717) is 11.7 Å². The molecule has 2 aromatic rings. The quantitative estimate of drug-likeness (QED) is 0.938.